The van der Waals surface area contributed by atoms with Crippen LogP contribution in [-0.4, -0.2) is 117 Å². The zero-order chi connectivity index (χ0) is 29.8. The van der Waals surface area contributed by atoms with E-state index in [0.717, 1.165) is 0 Å². The summed E-state index contributed by atoms with van der Waals surface area (Å²) in [7, 11) is 0. The first-order valence-electron chi connectivity index (χ1n) is 12.7. The van der Waals surface area contributed by atoms with Gasteiger partial charge in [0.05, 0.1) is 25.6 Å². The SMILES string of the molecule is NC1NC(=O)C2N=CN([C@@H]3O[C@@H]4COP(O)(=S)O[C@@H]5[C@@H](COP(=O)(S)O[C@@H]3[C@@H]4O)C[C@@H](Nc3ncncn3)[C@@H]5F)C2N1. The van der Waals surface area contributed by atoms with Crippen LogP contribution in [0.5, 0.6) is 0 Å². The number of halogens is 1. The standard InChI is InChI=1S/C19H28FN9O9P2S2/c20-10-8(26-19-23-4-22-5-24-19)1-7-2-34-39(32,41)38-14-12(30)9(3-35-40(33,42)37-13(7)10)36-17(14)29-6-25-11-15(29)27-18(21)28-16(11)31/h4-15,17-18,27,30H,1-3,21H2,(H,28,31)(H,32,41)(H,33,42)(H,22,23,24,26)/t7-,8-,9-,10+,11?,12-,13-,14-,15?,17-,18?,39?,40?/m1/s1. The smallest absolute Gasteiger partial charge is 0.386 e. The third-order valence-corrected chi connectivity index (χ3v) is 10.6. The van der Waals surface area contributed by atoms with E-state index in [4.69, 9.17) is 40.4 Å². The number of amides is 1. The first-order valence-corrected chi connectivity index (χ1v) is 18.0. The van der Waals surface area contributed by atoms with E-state index < -0.39 is 93.3 Å². The molecule has 7 N–H and O–H groups in total. The van der Waals surface area contributed by atoms with Crippen LogP contribution in [0.15, 0.2) is 17.6 Å². The predicted octanol–water partition coefficient (Wildman–Crippen LogP) is -1.83. The normalized spacial score (nSPS) is 47.5. The van der Waals surface area contributed by atoms with Gasteiger partial charge in [-0.2, -0.15) is 0 Å². The van der Waals surface area contributed by atoms with Gasteiger partial charge in [-0.1, -0.05) is 12.2 Å². The van der Waals surface area contributed by atoms with E-state index in [2.05, 4.69) is 48.1 Å². The van der Waals surface area contributed by atoms with Crippen molar-refractivity contribution in [1.29, 1.82) is 0 Å². The molecule has 4 aliphatic heterocycles. The van der Waals surface area contributed by atoms with Crippen LogP contribution in [0.1, 0.15) is 6.42 Å². The van der Waals surface area contributed by atoms with E-state index in [9.17, 15) is 19.4 Å². The minimum atomic E-state index is -4.25. The number of hydrogen-bond acceptors (Lipinski definition) is 17. The van der Waals surface area contributed by atoms with E-state index in [1.165, 1.54) is 23.9 Å². The number of fused-ring (bicyclic) bond motifs is 4. The highest BCUT2D eigenvalue weighted by atomic mass is 32.7. The molecule has 0 aromatic carbocycles. The lowest BCUT2D eigenvalue weighted by atomic mass is 10.1. The summed E-state index contributed by atoms with van der Waals surface area (Å²) in [6, 6.07) is -1.79. The number of ether oxygens (including phenoxy) is 1. The zero-order valence-corrected chi connectivity index (χ0v) is 24.9. The molecule has 5 heterocycles. The van der Waals surface area contributed by atoms with Gasteiger partial charge >= 0.3 is 13.5 Å². The van der Waals surface area contributed by atoms with Gasteiger partial charge in [-0.05, 0) is 18.2 Å². The van der Waals surface area contributed by atoms with E-state index in [0.29, 0.717) is 0 Å². The molecule has 1 aromatic heterocycles. The quantitative estimate of drug-likeness (QED) is 0.138. The van der Waals surface area contributed by atoms with Gasteiger partial charge < -0.3 is 43.8 Å². The number of rotatable bonds is 3. The Morgan fingerprint density at radius 1 is 1.24 bits per heavy atom. The molecule has 42 heavy (non-hydrogen) atoms. The largest absolute Gasteiger partial charge is 0.387 e. The summed E-state index contributed by atoms with van der Waals surface area (Å²) in [4.78, 5) is 40.4. The molecule has 0 radical (unpaired) electrons. The van der Waals surface area contributed by atoms with Crippen LogP contribution in [0.3, 0.4) is 0 Å². The minimum Gasteiger partial charge on any atom is -0.387 e. The van der Waals surface area contributed by atoms with Crippen molar-refractivity contribution >= 4 is 55.8 Å². The summed E-state index contributed by atoms with van der Waals surface area (Å²) in [6.45, 7) is -9.26. The Labute approximate surface area is 248 Å². The summed E-state index contributed by atoms with van der Waals surface area (Å²) in [5, 5.41) is 19.4. The highest BCUT2D eigenvalue weighted by Crippen LogP contribution is 2.58. The maximum atomic E-state index is 15.6. The zero-order valence-electron chi connectivity index (χ0n) is 21.4. The van der Waals surface area contributed by atoms with Crippen molar-refractivity contribution in [2.75, 3.05) is 18.5 Å². The number of hydrogen-bond donors (Lipinski definition) is 7. The average molecular weight is 672 g/mol. The summed E-state index contributed by atoms with van der Waals surface area (Å²) in [5.74, 6) is -1.12. The molecule has 1 aliphatic carbocycles. The Bertz CT molecular complexity index is 1310. The molecule has 6 rings (SSSR count). The highest BCUT2D eigenvalue weighted by molar-refractivity contribution is 8.44. The number of aromatic nitrogens is 3. The lowest BCUT2D eigenvalue weighted by Crippen LogP contribution is -2.70. The Balaban J connectivity index is 1.24. The van der Waals surface area contributed by atoms with Crippen molar-refractivity contribution in [2.45, 2.75) is 67.8 Å². The van der Waals surface area contributed by atoms with Gasteiger partial charge in [-0.25, -0.2) is 23.9 Å². The Morgan fingerprint density at radius 2 is 2.00 bits per heavy atom. The van der Waals surface area contributed by atoms with Gasteiger partial charge in [0.15, 0.2) is 12.3 Å². The van der Waals surface area contributed by atoms with E-state index in [1.54, 1.807) is 0 Å². The molecular weight excluding hydrogens is 643 g/mol. The number of thiol groups is 1. The second-order valence-electron chi connectivity index (χ2n) is 10.1. The van der Waals surface area contributed by atoms with Crippen LogP contribution >= 0.6 is 25.8 Å². The number of anilines is 1. The van der Waals surface area contributed by atoms with Gasteiger partial charge in [0.25, 0.3) is 5.91 Å². The fourth-order valence-corrected chi connectivity index (χ4v) is 8.46. The summed E-state index contributed by atoms with van der Waals surface area (Å²) in [6.07, 6.45) is -6.19. The van der Waals surface area contributed by atoms with E-state index in [-0.39, 0.29) is 19.0 Å². The second kappa shape index (κ2) is 11.8. The Morgan fingerprint density at radius 3 is 2.76 bits per heavy atom. The van der Waals surface area contributed by atoms with Crippen molar-refractivity contribution in [1.82, 2.24) is 30.5 Å². The molecule has 13 atom stereocenters. The first-order chi connectivity index (χ1) is 19.9. The predicted molar refractivity (Wildman–Crippen MR) is 147 cm³/mol. The monoisotopic (exact) mass is 671 g/mol. The summed E-state index contributed by atoms with van der Waals surface area (Å²) < 4.78 is 57.4. The molecular formula is C19H28FN9O9P2S2. The third kappa shape index (κ3) is 6.21. The molecule has 3 saturated heterocycles. The maximum Gasteiger partial charge on any atom is 0.386 e. The Hall–Kier alpha value is -1.45. The Kier molecular flexibility index (Phi) is 8.60. The second-order valence-corrected chi connectivity index (χ2v) is 15.8. The minimum absolute atomic E-state index is 0.0718. The number of alkyl halides is 1. The van der Waals surface area contributed by atoms with Crippen LogP contribution < -0.4 is 21.7 Å². The maximum absolute atomic E-state index is 15.6. The van der Waals surface area contributed by atoms with Crippen LogP contribution in [0, 0.1) is 5.92 Å². The number of nitrogens with zero attached hydrogens (tertiary/aromatic N) is 5. The molecule has 5 aliphatic rings. The van der Waals surface area contributed by atoms with Crippen molar-refractivity contribution in [3.05, 3.63) is 12.7 Å². The number of aliphatic hydroxyl groups excluding tert-OH is 1. The van der Waals surface area contributed by atoms with Gasteiger partial charge in [0.1, 0.15) is 55.7 Å². The number of aliphatic imine (C=N–C) groups is 1. The summed E-state index contributed by atoms with van der Waals surface area (Å²) in [5.41, 5.74) is 5.86. The van der Waals surface area contributed by atoms with Crippen molar-refractivity contribution < 1.29 is 46.6 Å². The molecule has 18 nitrogen and oxygen atoms in total. The van der Waals surface area contributed by atoms with Crippen molar-refractivity contribution in [3.63, 3.8) is 0 Å². The molecule has 1 aromatic rings. The number of aliphatic hydroxyl groups is 1. The van der Waals surface area contributed by atoms with Gasteiger partial charge in [0.2, 0.25) is 5.95 Å². The number of carbonyl (C=O) groups excluding carboxylic acids is 1. The molecule has 1 amide bonds. The van der Waals surface area contributed by atoms with E-state index in [1.807, 2.05) is 0 Å². The molecule has 1 saturated carbocycles. The van der Waals surface area contributed by atoms with Gasteiger partial charge in [0, 0.05) is 5.92 Å². The van der Waals surface area contributed by atoms with Crippen LogP contribution in [0.2, 0.25) is 0 Å². The molecule has 232 valence electrons. The molecule has 4 fully saturated rings. The van der Waals surface area contributed by atoms with Crippen LogP contribution in [0.25, 0.3) is 0 Å². The van der Waals surface area contributed by atoms with Gasteiger partial charge in [-0.3, -0.25) is 25.4 Å². The number of nitrogens with two attached hydrogens (primary N) is 1. The molecule has 23 heteroatoms. The molecule has 5 unspecified atom stereocenters. The molecule has 0 spiro atoms. The number of nitrogens with one attached hydrogen (secondary N) is 3. The van der Waals surface area contributed by atoms with Crippen molar-refractivity contribution in [3.8, 4) is 0 Å². The highest BCUT2D eigenvalue weighted by Gasteiger charge is 2.55. The average Bonchev–Trinajstić information content (AvgIpc) is 3.57. The fourth-order valence-electron chi connectivity index (χ4n) is 5.48. The van der Waals surface area contributed by atoms with Crippen LogP contribution in [-0.2, 0) is 44.0 Å². The summed E-state index contributed by atoms with van der Waals surface area (Å²) >= 11 is 9.26. The fraction of sp³-hybridized carbons (Fsp3) is 0.737. The van der Waals surface area contributed by atoms with Crippen molar-refractivity contribution in [2.24, 2.45) is 16.6 Å². The first kappa shape index (κ1) is 30.6. The number of carbonyl (C=O) groups is 1. The third-order valence-electron chi connectivity index (χ3n) is 7.40. The lowest BCUT2D eigenvalue weighted by Gasteiger charge is -2.39. The topological polar surface area (TPSA) is 237 Å². The van der Waals surface area contributed by atoms with E-state index >= 15 is 4.39 Å². The lowest BCUT2D eigenvalue weighted by molar-refractivity contribution is -0.130. The molecule has 2 bridgehead atoms. The van der Waals surface area contributed by atoms with Gasteiger partial charge in [-0.15, -0.1) is 0 Å². The van der Waals surface area contributed by atoms with Crippen LogP contribution in [0.4, 0.5) is 10.3 Å².